The summed E-state index contributed by atoms with van der Waals surface area (Å²) in [5, 5.41) is 27.0. The topological polar surface area (TPSA) is 134 Å². The largest absolute Gasteiger partial charge is 0.494 e. The highest BCUT2D eigenvalue weighted by atomic mass is 32.2. The van der Waals surface area contributed by atoms with Crippen molar-refractivity contribution in [2.45, 2.75) is 13.8 Å². The number of carbonyl (C=O) groups is 1. The number of hydrogen-bond donors (Lipinski definition) is 1. The van der Waals surface area contributed by atoms with E-state index in [1.807, 2.05) is 31.2 Å². The van der Waals surface area contributed by atoms with E-state index in [2.05, 4.69) is 10.1 Å². The maximum atomic E-state index is 12.7. The van der Waals surface area contributed by atoms with Crippen molar-refractivity contribution in [1.82, 2.24) is 5.01 Å². The van der Waals surface area contributed by atoms with Crippen molar-refractivity contribution in [2.24, 2.45) is 10.1 Å². The normalized spacial score (nSPS) is 16.2. The van der Waals surface area contributed by atoms with E-state index >= 15 is 0 Å². The van der Waals surface area contributed by atoms with Crippen molar-refractivity contribution in [3.8, 4) is 17.1 Å². The Morgan fingerprint density at radius 3 is 2.75 bits per heavy atom. The number of amides is 1. The number of nitro benzene ring substituents is 1. The van der Waals surface area contributed by atoms with E-state index in [1.54, 1.807) is 31.2 Å². The summed E-state index contributed by atoms with van der Waals surface area (Å²) in [6.07, 6.45) is 1.39. The monoisotopic (exact) mass is 501 g/mol. The molecule has 1 amide bonds. The molecule has 2 aliphatic rings. The molecule has 0 fully saturated rings. The predicted molar refractivity (Wildman–Crippen MR) is 137 cm³/mol. The molecule has 2 aromatic carbocycles. The number of fused-ring (bicyclic) bond motifs is 1. The lowest BCUT2D eigenvalue weighted by Crippen LogP contribution is -2.35. The summed E-state index contributed by atoms with van der Waals surface area (Å²) < 4.78 is 11.2. The minimum Gasteiger partial charge on any atom is -0.494 e. The van der Waals surface area contributed by atoms with Gasteiger partial charge >= 0.3 is 0 Å². The first-order valence-electron chi connectivity index (χ1n) is 10.9. The first kappa shape index (κ1) is 23.2. The molecule has 0 radical (unpaired) electrons. The van der Waals surface area contributed by atoms with Gasteiger partial charge in [-0.05, 0) is 61.5 Å². The number of nitrogens with one attached hydrogen (secondary N) is 1. The molecule has 180 valence electrons. The fourth-order valence-corrected chi connectivity index (χ4v) is 4.74. The lowest BCUT2D eigenvalue weighted by molar-refractivity contribution is -0.384. The summed E-state index contributed by atoms with van der Waals surface area (Å²) >= 11 is 1.23. The van der Waals surface area contributed by atoms with E-state index in [4.69, 9.17) is 14.6 Å². The van der Waals surface area contributed by atoms with E-state index in [-0.39, 0.29) is 34.2 Å². The number of hydrazone groups is 1. The molecule has 36 heavy (non-hydrogen) atoms. The number of nitro groups is 1. The lowest BCUT2D eigenvalue weighted by Gasteiger charge is -2.19. The lowest BCUT2D eigenvalue weighted by atomic mass is 10.1. The van der Waals surface area contributed by atoms with E-state index in [0.29, 0.717) is 22.6 Å². The third kappa shape index (κ3) is 4.20. The maximum Gasteiger partial charge on any atom is 0.284 e. The van der Waals surface area contributed by atoms with Gasteiger partial charge in [-0.2, -0.15) is 15.1 Å². The summed E-state index contributed by atoms with van der Waals surface area (Å²) in [6.45, 7) is 4.13. The Labute approximate surface area is 209 Å². The zero-order valence-corrected chi connectivity index (χ0v) is 20.0. The van der Waals surface area contributed by atoms with Crippen LogP contribution in [0.4, 0.5) is 5.69 Å². The number of furan rings is 1. The first-order valence-corrected chi connectivity index (χ1v) is 11.7. The quantitative estimate of drug-likeness (QED) is 0.278. The van der Waals surface area contributed by atoms with Crippen LogP contribution in [0.5, 0.6) is 5.75 Å². The molecular formula is C25H19N5O5S. The number of amidine groups is 2. The molecule has 5 rings (SSSR count). The van der Waals surface area contributed by atoms with Crippen molar-refractivity contribution in [2.75, 3.05) is 6.61 Å². The molecule has 0 bridgehead atoms. The highest BCUT2D eigenvalue weighted by Gasteiger charge is 2.36. The minimum absolute atomic E-state index is 0.00349. The number of ether oxygens (including phenoxy) is 1. The zero-order chi connectivity index (χ0) is 25.4. The SMILES string of the molecule is CCOc1ccc(-c2ccc(/C=C3/C(=N)N4N=C(c5ccccc5C)SC4=NC3=O)o2)c([N+](=O)[O-])c1. The Kier molecular flexibility index (Phi) is 5.98. The molecule has 1 N–H and O–H groups in total. The average molecular weight is 502 g/mol. The Bertz CT molecular complexity index is 1520. The van der Waals surface area contributed by atoms with Gasteiger partial charge < -0.3 is 9.15 Å². The third-order valence-electron chi connectivity index (χ3n) is 5.49. The molecule has 0 saturated heterocycles. The number of nitrogens with zero attached hydrogens (tertiary/aromatic N) is 4. The van der Waals surface area contributed by atoms with Gasteiger partial charge in [0.15, 0.2) is 5.84 Å². The summed E-state index contributed by atoms with van der Waals surface area (Å²) in [4.78, 5) is 28.0. The van der Waals surface area contributed by atoms with E-state index < -0.39 is 10.8 Å². The van der Waals surface area contributed by atoms with E-state index in [0.717, 1.165) is 11.1 Å². The number of carbonyl (C=O) groups excluding carboxylic acids is 1. The average Bonchev–Trinajstić information content (AvgIpc) is 3.49. The van der Waals surface area contributed by atoms with Crippen molar-refractivity contribution >= 4 is 45.5 Å². The second kappa shape index (κ2) is 9.27. The molecule has 0 saturated carbocycles. The van der Waals surface area contributed by atoms with Crippen LogP contribution in [0.25, 0.3) is 17.4 Å². The summed E-state index contributed by atoms with van der Waals surface area (Å²) in [7, 11) is 0. The summed E-state index contributed by atoms with van der Waals surface area (Å²) in [5.41, 5.74) is 2.01. The molecule has 1 aromatic heterocycles. The minimum atomic E-state index is -0.593. The van der Waals surface area contributed by atoms with Gasteiger partial charge in [-0.3, -0.25) is 20.3 Å². The second-order valence-electron chi connectivity index (χ2n) is 7.81. The number of hydrogen-bond acceptors (Lipinski definition) is 8. The van der Waals surface area contributed by atoms with Crippen LogP contribution in [-0.2, 0) is 4.79 Å². The highest BCUT2D eigenvalue weighted by molar-refractivity contribution is 8.27. The van der Waals surface area contributed by atoms with Gasteiger partial charge in [-0.25, -0.2) is 0 Å². The molecule has 3 heterocycles. The Morgan fingerprint density at radius 2 is 2.00 bits per heavy atom. The van der Waals surface area contributed by atoms with Gasteiger partial charge in [0.2, 0.25) is 5.17 Å². The van der Waals surface area contributed by atoms with Crippen LogP contribution in [0.2, 0.25) is 0 Å². The van der Waals surface area contributed by atoms with Gasteiger partial charge in [-0.1, -0.05) is 24.3 Å². The second-order valence-corrected chi connectivity index (χ2v) is 8.77. The van der Waals surface area contributed by atoms with Crippen LogP contribution in [0.1, 0.15) is 23.8 Å². The van der Waals surface area contributed by atoms with Crippen LogP contribution in [0.3, 0.4) is 0 Å². The fraction of sp³-hybridized carbons (Fsp3) is 0.120. The predicted octanol–water partition coefficient (Wildman–Crippen LogP) is 5.23. The van der Waals surface area contributed by atoms with Gasteiger partial charge in [0.05, 0.1) is 28.7 Å². The van der Waals surface area contributed by atoms with Gasteiger partial charge in [-0.15, -0.1) is 0 Å². The molecular weight excluding hydrogens is 482 g/mol. The molecule has 0 spiro atoms. The van der Waals surface area contributed by atoms with Crippen LogP contribution in [0, 0.1) is 22.4 Å². The third-order valence-corrected chi connectivity index (χ3v) is 6.43. The number of benzene rings is 2. The molecule has 11 heteroatoms. The van der Waals surface area contributed by atoms with Crippen LogP contribution >= 0.6 is 11.8 Å². The Morgan fingerprint density at radius 1 is 1.19 bits per heavy atom. The first-order chi connectivity index (χ1) is 17.4. The molecule has 2 aliphatic heterocycles. The van der Waals surface area contributed by atoms with Crippen molar-refractivity contribution in [3.63, 3.8) is 0 Å². The van der Waals surface area contributed by atoms with Crippen molar-refractivity contribution in [3.05, 3.63) is 87.2 Å². The fourth-order valence-electron chi connectivity index (χ4n) is 3.76. The Balaban J connectivity index is 1.45. The van der Waals surface area contributed by atoms with Crippen LogP contribution in [0.15, 0.2) is 74.7 Å². The Hall–Kier alpha value is -4.51. The number of aliphatic imine (C=N–C) groups is 1. The number of thioether (sulfide) groups is 1. The smallest absolute Gasteiger partial charge is 0.284 e. The molecule has 10 nitrogen and oxygen atoms in total. The summed E-state index contributed by atoms with van der Waals surface area (Å²) in [5.74, 6) is 0.143. The van der Waals surface area contributed by atoms with Crippen molar-refractivity contribution < 1.29 is 18.9 Å². The molecule has 0 unspecified atom stereocenters. The van der Waals surface area contributed by atoms with Gasteiger partial charge in [0.1, 0.15) is 22.3 Å². The molecule has 0 aliphatic carbocycles. The number of rotatable bonds is 6. The zero-order valence-electron chi connectivity index (χ0n) is 19.2. The molecule has 3 aromatic rings. The standard InChI is InChI=1S/C25H19N5O5S/c1-3-34-15-8-10-18(20(13-15)30(32)33)21-11-9-16(35-21)12-19-22(26)29-25(27-23(19)31)36-24(28-29)17-7-5-4-6-14(17)2/h4-13,26H,3H2,1-2H3/b19-12-,26-22?. The van der Waals surface area contributed by atoms with Crippen molar-refractivity contribution in [1.29, 1.82) is 5.41 Å². The van der Waals surface area contributed by atoms with E-state index in [1.165, 1.54) is 28.9 Å². The highest BCUT2D eigenvalue weighted by Crippen LogP contribution is 2.36. The number of aryl methyl sites for hydroxylation is 1. The van der Waals surface area contributed by atoms with Gasteiger partial charge in [0, 0.05) is 5.56 Å². The van der Waals surface area contributed by atoms with Crippen LogP contribution < -0.4 is 4.74 Å². The maximum absolute atomic E-state index is 12.7. The van der Waals surface area contributed by atoms with Gasteiger partial charge in [0.25, 0.3) is 11.6 Å². The van der Waals surface area contributed by atoms with Crippen LogP contribution in [-0.4, -0.2) is 38.5 Å². The molecule has 0 atom stereocenters. The summed E-state index contributed by atoms with van der Waals surface area (Å²) in [6, 6.07) is 15.4. The van der Waals surface area contributed by atoms with E-state index in [9.17, 15) is 14.9 Å².